The number of nitrogens with zero attached hydrogens (tertiary/aromatic N) is 1. The second-order valence-electron chi connectivity index (χ2n) is 5.15. The number of hydrogen-bond acceptors (Lipinski definition) is 2. The minimum Gasteiger partial charge on any atom is -0.480 e. The topological polar surface area (TPSA) is 57.6 Å². The number of hydrogen-bond donors (Lipinski definition) is 1. The third-order valence-electron chi connectivity index (χ3n) is 3.81. The van der Waals surface area contributed by atoms with Gasteiger partial charge in [-0.1, -0.05) is 28.1 Å². The van der Waals surface area contributed by atoms with Crippen LogP contribution in [0, 0.1) is 0 Å². The van der Waals surface area contributed by atoms with E-state index < -0.39 is 12.0 Å². The Morgan fingerprint density at radius 3 is 2.55 bits per heavy atom. The first-order valence-corrected chi connectivity index (χ1v) is 7.58. The molecule has 2 atom stereocenters. The summed E-state index contributed by atoms with van der Waals surface area (Å²) in [6.07, 6.45) is 2.30. The van der Waals surface area contributed by atoms with Gasteiger partial charge in [-0.15, -0.1) is 0 Å². The van der Waals surface area contributed by atoms with E-state index >= 15 is 0 Å². The lowest BCUT2D eigenvalue weighted by Gasteiger charge is -2.34. The predicted octanol–water partition coefficient (Wildman–Crippen LogP) is 3.02. The smallest absolute Gasteiger partial charge is 0.326 e. The van der Waals surface area contributed by atoms with Gasteiger partial charge in [0.2, 0.25) is 5.91 Å². The number of piperidine rings is 1. The van der Waals surface area contributed by atoms with Crippen LogP contribution >= 0.6 is 15.9 Å². The molecular formula is C15H18BrNO3. The summed E-state index contributed by atoms with van der Waals surface area (Å²) in [5.41, 5.74) is 0.910. The summed E-state index contributed by atoms with van der Waals surface area (Å²) in [6.45, 7) is 2.37. The summed E-state index contributed by atoms with van der Waals surface area (Å²) < 4.78 is 0.960. The zero-order valence-electron chi connectivity index (χ0n) is 11.4. The molecule has 0 bridgehead atoms. The fourth-order valence-electron chi connectivity index (χ4n) is 2.59. The van der Waals surface area contributed by atoms with Crippen LogP contribution in [0.15, 0.2) is 28.7 Å². The molecule has 2 unspecified atom stereocenters. The first kappa shape index (κ1) is 15.0. The summed E-state index contributed by atoms with van der Waals surface area (Å²) in [7, 11) is 0. The van der Waals surface area contributed by atoms with Gasteiger partial charge in [-0.3, -0.25) is 4.79 Å². The lowest BCUT2D eigenvalue weighted by molar-refractivity contribution is -0.152. The molecule has 0 spiro atoms. The van der Waals surface area contributed by atoms with Crippen molar-refractivity contribution in [2.75, 3.05) is 6.54 Å². The van der Waals surface area contributed by atoms with Gasteiger partial charge in [0.1, 0.15) is 6.04 Å². The molecular weight excluding hydrogens is 322 g/mol. The van der Waals surface area contributed by atoms with Crippen LogP contribution in [-0.4, -0.2) is 34.5 Å². The van der Waals surface area contributed by atoms with Gasteiger partial charge in [0.05, 0.1) is 5.92 Å². The molecule has 1 aliphatic heterocycles. The Kier molecular flexibility index (Phi) is 4.81. The van der Waals surface area contributed by atoms with Gasteiger partial charge in [0.25, 0.3) is 0 Å². The number of halogens is 1. The van der Waals surface area contributed by atoms with E-state index in [1.807, 2.05) is 31.2 Å². The Morgan fingerprint density at radius 2 is 1.95 bits per heavy atom. The van der Waals surface area contributed by atoms with E-state index in [1.54, 1.807) is 0 Å². The summed E-state index contributed by atoms with van der Waals surface area (Å²) >= 11 is 3.36. The lowest BCUT2D eigenvalue weighted by Crippen LogP contribution is -2.49. The Morgan fingerprint density at radius 1 is 1.30 bits per heavy atom. The summed E-state index contributed by atoms with van der Waals surface area (Å²) in [4.78, 5) is 25.3. The van der Waals surface area contributed by atoms with E-state index in [9.17, 15) is 14.7 Å². The van der Waals surface area contributed by atoms with E-state index in [0.717, 1.165) is 22.9 Å². The number of aliphatic carboxylic acids is 1. The molecule has 1 fully saturated rings. The minimum atomic E-state index is -0.902. The number of amides is 1. The van der Waals surface area contributed by atoms with Crippen LogP contribution in [0.2, 0.25) is 0 Å². The Labute approximate surface area is 126 Å². The van der Waals surface area contributed by atoms with E-state index in [0.29, 0.717) is 13.0 Å². The zero-order valence-corrected chi connectivity index (χ0v) is 13.0. The van der Waals surface area contributed by atoms with Crippen molar-refractivity contribution in [3.8, 4) is 0 Å². The van der Waals surface area contributed by atoms with Crippen LogP contribution in [0.25, 0.3) is 0 Å². The lowest BCUT2D eigenvalue weighted by atomic mass is 9.95. The number of benzene rings is 1. The molecule has 0 aromatic heterocycles. The minimum absolute atomic E-state index is 0.0978. The second kappa shape index (κ2) is 6.39. The summed E-state index contributed by atoms with van der Waals surface area (Å²) in [5.74, 6) is -1.32. The standard InChI is InChI=1S/C15H18BrNO3/c1-10(11-5-7-12(16)8-6-11)14(18)17-9-3-2-4-13(17)15(19)20/h5-8,10,13H,2-4,9H2,1H3,(H,19,20). The molecule has 108 valence electrons. The van der Waals surface area contributed by atoms with Crippen molar-refractivity contribution < 1.29 is 14.7 Å². The van der Waals surface area contributed by atoms with Gasteiger partial charge < -0.3 is 10.0 Å². The van der Waals surface area contributed by atoms with Crippen molar-refractivity contribution in [1.82, 2.24) is 4.90 Å². The number of rotatable bonds is 3. The monoisotopic (exact) mass is 339 g/mol. The molecule has 4 nitrogen and oxygen atoms in total. The highest BCUT2D eigenvalue weighted by Gasteiger charge is 2.34. The van der Waals surface area contributed by atoms with Crippen LogP contribution in [0.5, 0.6) is 0 Å². The first-order valence-electron chi connectivity index (χ1n) is 6.79. The Balaban J connectivity index is 2.16. The van der Waals surface area contributed by atoms with E-state index in [-0.39, 0.29) is 11.8 Å². The fraction of sp³-hybridized carbons (Fsp3) is 0.467. The van der Waals surface area contributed by atoms with Crippen LogP contribution in [-0.2, 0) is 9.59 Å². The molecule has 0 saturated carbocycles. The molecule has 1 aromatic rings. The highest BCUT2D eigenvalue weighted by atomic mass is 79.9. The van der Waals surface area contributed by atoms with Crippen molar-refractivity contribution in [1.29, 1.82) is 0 Å². The van der Waals surface area contributed by atoms with Crippen molar-refractivity contribution in [2.45, 2.75) is 38.1 Å². The molecule has 5 heteroatoms. The maximum atomic E-state index is 12.5. The number of carboxylic acid groups (broad SMARTS) is 1. The fourth-order valence-corrected chi connectivity index (χ4v) is 2.86. The predicted molar refractivity (Wildman–Crippen MR) is 79.5 cm³/mol. The van der Waals surface area contributed by atoms with E-state index in [2.05, 4.69) is 15.9 Å². The first-order chi connectivity index (χ1) is 9.50. The normalized spacial score (nSPS) is 20.5. The van der Waals surface area contributed by atoms with Gasteiger partial charge in [0, 0.05) is 11.0 Å². The van der Waals surface area contributed by atoms with Crippen molar-refractivity contribution in [2.24, 2.45) is 0 Å². The molecule has 1 aromatic carbocycles. The molecule has 1 amide bonds. The molecule has 20 heavy (non-hydrogen) atoms. The third kappa shape index (κ3) is 3.20. The highest BCUT2D eigenvalue weighted by molar-refractivity contribution is 9.10. The van der Waals surface area contributed by atoms with Gasteiger partial charge in [-0.05, 0) is 43.9 Å². The van der Waals surface area contributed by atoms with E-state index in [4.69, 9.17) is 0 Å². The summed E-state index contributed by atoms with van der Waals surface area (Å²) in [6, 6.07) is 6.90. The van der Waals surface area contributed by atoms with Crippen molar-refractivity contribution >= 4 is 27.8 Å². The van der Waals surface area contributed by atoms with Gasteiger partial charge >= 0.3 is 5.97 Å². The Hall–Kier alpha value is -1.36. The van der Waals surface area contributed by atoms with Crippen LogP contribution in [0.3, 0.4) is 0 Å². The van der Waals surface area contributed by atoms with Crippen LogP contribution < -0.4 is 0 Å². The largest absolute Gasteiger partial charge is 0.480 e. The van der Waals surface area contributed by atoms with Crippen molar-refractivity contribution in [3.63, 3.8) is 0 Å². The molecule has 0 aliphatic carbocycles. The average Bonchev–Trinajstić information content (AvgIpc) is 2.46. The SMILES string of the molecule is CC(C(=O)N1CCCCC1C(=O)O)c1ccc(Br)cc1. The number of carbonyl (C=O) groups is 2. The van der Waals surface area contributed by atoms with Crippen LogP contribution in [0.4, 0.5) is 0 Å². The molecule has 1 saturated heterocycles. The Bertz CT molecular complexity index is 500. The van der Waals surface area contributed by atoms with Crippen LogP contribution in [0.1, 0.15) is 37.7 Å². The number of carboxylic acids is 1. The molecule has 1 aliphatic rings. The highest BCUT2D eigenvalue weighted by Crippen LogP contribution is 2.25. The molecule has 1 heterocycles. The zero-order chi connectivity index (χ0) is 14.7. The third-order valence-corrected chi connectivity index (χ3v) is 4.34. The van der Waals surface area contributed by atoms with Gasteiger partial charge in [-0.2, -0.15) is 0 Å². The quantitative estimate of drug-likeness (QED) is 0.920. The molecule has 2 rings (SSSR count). The van der Waals surface area contributed by atoms with Gasteiger partial charge in [-0.25, -0.2) is 4.79 Å². The second-order valence-corrected chi connectivity index (χ2v) is 6.07. The maximum Gasteiger partial charge on any atom is 0.326 e. The molecule has 0 radical (unpaired) electrons. The number of likely N-dealkylation sites (tertiary alicyclic amines) is 1. The number of carbonyl (C=O) groups excluding carboxylic acids is 1. The van der Waals surface area contributed by atoms with E-state index in [1.165, 1.54) is 4.90 Å². The molecule has 1 N–H and O–H groups in total. The van der Waals surface area contributed by atoms with Crippen molar-refractivity contribution in [3.05, 3.63) is 34.3 Å². The summed E-state index contributed by atoms with van der Waals surface area (Å²) in [5, 5.41) is 9.25. The van der Waals surface area contributed by atoms with Gasteiger partial charge in [0.15, 0.2) is 0 Å². The average molecular weight is 340 g/mol. The maximum absolute atomic E-state index is 12.5.